The van der Waals surface area contributed by atoms with E-state index >= 15 is 0 Å². The number of hydrogen-bond donors (Lipinski definition) is 4. The Bertz CT molecular complexity index is 1920. The number of carbonyl (C=O) groups excluding carboxylic acids is 3. The van der Waals surface area contributed by atoms with Gasteiger partial charge in [-0.1, -0.05) is 48.5 Å². The molecule has 1 atom stereocenters. The number of nitrogens with zero attached hydrogens (tertiary/aromatic N) is 2. The Labute approximate surface area is 266 Å². The van der Waals surface area contributed by atoms with Gasteiger partial charge in [0.1, 0.15) is 24.8 Å². The summed E-state index contributed by atoms with van der Waals surface area (Å²) in [6, 6.07) is 21.2. The number of fused-ring (bicyclic) bond motifs is 2. The molecule has 2 heterocycles. The summed E-state index contributed by atoms with van der Waals surface area (Å²) in [6.45, 7) is 0.369. The van der Waals surface area contributed by atoms with E-state index in [1.807, 2.05) is 36.5 Å². The molecule has 3 amide bonds. The predicted octanol–water partition coefficient (Wildman–Crippen LogP) is 2.61. The number of aromatic nitrogens is 4. The minimum absolute atomic E-state index is 0.153. The monoisotopic (exact) mass is 651 g/mol. The van der Waals surface area contributed by atoms with Crippen LogP contribution in [-0.2, 0) is 16.1 Å². The van der Waals surface area contributed by atoms with Gasteiger partial charge in [0.15, 0.2) is 5.69 Å². The van der Waals surface area contributed by atoms with Crippen LogP contribution in [0.5, 0.6) is 0 Å². The third kappa shape index (κ3) is 9.39. The van der Waals surface area contributed by atoms with Gasteiger partial charge in [-0.15, -0.1) is 0 Å². The van der Waals surface area contributed by atoms with E-state index in [9.17, 15) is 27.6 Å². The number of hydrogen-bond acceptors (Lipinski definition) is 6. The number of H-pyrrole nitrogens is 2. The zero-order chi connectivity index (χ0) is 34.0. The summed E-state index contributed by atoms with van der Waals surface area (Å²) in [7, 11) is 1.58. The van der Waals surface area contributed by atoms with E-state index in [2.05, 4.69) is 61.2 Å². The second kappa shape index (κ2) is 15.5. The first-order valence-corrected chi connectivity index (χ1v) is 14.5. The number of alkyl halides is 3. The summed E-state index contributed by atoms with van der Waals surface area (Å²) in [5, 5.41) is 20.3. The fraction of sp³-hybridized carbons (Fsp3) is 0.250. The van der Waals surface area contributed by atoms with Crippen molar-refractivity contribution in [2.75, 3.05) is 13.6 Å². The molecule has 2 aromatic heterocycles. The highest BCUT2D eigenvalue weighted by Crippen LogP contribution is 2.24. The van der Waals surface area contributed by atoms with Gasteiger partial charge in [-0.3, -0.25) is 9.36 Å². The van der Waals surface area contributed by atoms with E-state index in [1.54, 1.807) is 13.1 Å². The van der Waals surface area contributed by atoms with Gasteiger partial charge in [-0.2, -0.15) is 13.2 Å². The number of benzene rings is 3. The molecule has 5 aromatic rings. The van der Waals surface area contributed by atoms with Gasteiger partial charge in [0.25, 0.3) is 5.82 Å². The fourth-order valence-corrected chi connectivity index (χ4v) is 4.80. The highest BCUT2D eigenvalue weighted by atomic mass is 19.4. The molecule has 0 saturated heterocycles. The molecular formula is C32H32F3N7O5. The topological polar surface area (TPSA) is 175 Å². The first-order valence-electron chi connectivity index (χ1n) is 14.5. The van der Waals surface area contributed by atoms with Gasteiger partial charge in [-0.25, -0.2) is 24.5 Å². The number of imidazole rings is 1. The van der Waals surface area contributed by atoms with Crippen LogP contribution in [-0.4, -0.2) is 52.2 Å². The number of urea groups is 1. The lowest BCUT2D eigenvalue weighted by atomic mass is 10.1. The summed E-state index contributed by atoms with van der Waals surface area (Å²) in [4.78, 5) is 56.7. The Hall–Kier alpha value is -5.73. The first-order chi connectivity index (χ1) is 22.5. The van der Waals surface area contributed by atoms with Crippen molar-refractivity contribution in [2.24, 2.45) is 0 Å². The largest absolute Gasteiger partial charge is 0.542 e. The van der Waals surface area contributed by atoms with Crippen LogP contribution in [0.2, 0.25) is 0 Å². The lowest BCUT2D eigenvalue weighted by Gasteiger charge is -2.15. The second-order valence-electron chi connectivity index (χ2n) is 10.4. The normalized spacial score (nSPS) is 11.7. The average Bonchev–Trinajstić information content (AvgIpc) is 3.55. The molecule has 15 heteroatoms. The minimum Gasteiger partial charge on any atom is -0.542 e. The zero-order valence-electron chi connectivity index (χ0n) is 25.2. The molecule has 12 nitrogen and oxygen atoms in total. The SMILES string of the molecule is CNC(=O)NCCCC[C@H](NC(=O)Cn1c(=O)ncc2ccccc21)c1[nH]c(-c2ccc3ccccc3c2)c[nH+]1.O=C([O-])C(F)(F)F. The van der Waals surface area contributed by atoms with Crippen LogP contribution in [0.15, 0.2) is 83.9 Å². The number of amides is 3. The van der Waals surface area contributed by atoms with E-state index in [0.29, 0.717) is 18.5 Å². The van der Waals surface area contributed by atoms with Crippen molar-refractivity contribution in [3.05, 3.63) is 95.4 Å². The molecule has 0 aliphatic heterocycles. The van der Waals surface area contributed by atoms with Crippen molar-refractivity contribution in [3.8, 4) is 11.3 Å². The van der Waals surface area contributed by atoms with Gasteiger partial charge < -0.3 is 25.9 Å². The molecule has 3 aromatic carbocycles. The van der Waals surface area contributed by atoms with Gasteiger partial charge in [0, 0.05) is 30.7 Å². The predicted molar refractivity (Wildman–Crippen MR) is 165 cm³/mol. The number of unbranched alkanes of at least 4 members (excludes halogenated alkanes) is 1. The molecule has 0 bridgehead atoms. The van der Waals surface area contributed by atoms with Crippen molar-refractivity contribution < 1.29 is 37.6 Å². The Morgan fingerprint density at radius 2 is 1.68 bits per heavy atom. The number of halogens is 3. The van der Waals surface area contributed by atoms with E-state index in [4.69, 9.17) is 9.90 Å². The number of para-hydroxylation sites is 1. The highest BCUT2D eigenvalue weighted by Gasteiger charge is 2.29. The third-order valence-electron chi connectivity index (χ3n) is 7.12. The second-order valence-corrected chi connectivity index (χ2v) is 10.4. The summed E-state index contributed by atoms with van der Waals surface area (Å²) in [6.07, 6.45) is 0.334. The summed E-state index contributed by atoms with van der Waals surface area (Å²) < 4.78 is 32.9. The highest BCUT2D eigenvalue weighted by molar-refractivity contribution is 5.86. The van der Waals surface area contributed by atoms with E-state index in [0.717, 1.165) is 46.1 Å². The van der Waals surface area contributed by atoms with Gasteiger partial charge in [0.05, 0.1) is 5.52 Å². The Balaban J connectivity index is 0.000000644. The van der Waals surface area contributed by atoms with Crippen LogP contribution >= 0.6 is 0 Å². The Kier molecular flexibility index (Phi) is 11.3. The van der Waals surface area contributed by atoms with Gasteiger partial charge in [0.2, 0.25) is 5.91 Å². The third-order valence-corrected chi connectivity index (χ3v) is 7.12. The molecule has 0 aliphatic carbocycles. The number of carbonyl (C=O) groups is 3. The van der Waals surface area contributed by atoms with Crippen molar-refractivity contribution in [1.29, 1.82) is 0 Å². The number of aliphatic carboxylic acids is 1. The molecule has 0 saturated carbocycles. The molecule has 5 N–H and O–H groups in total. The molecule has 0 spiro atoms. The molecular weight excluding hydrogens is 619 g/mol. The number of carboxylic acids is 1. The van der Waals surface area contributed by atoms with Crippen molar-refractivity contribution in [2.45, 2.75) is 38.0 Å². The average molecular weight is 652 g/mol. The van der Waals surface area contributed by atoms with Crippen LogP contribution in [0, 0.1) is 0 Å². The van der Waals surface area contributed by atoms with E-state index in [-0.39, 0.29) is 24.5 Å². The molecule has 0 aliphatic rings. The maximum atomic E-state index is 13.2. The van der Waals surface area contributed by atoms with Gasteiger partial charge >= 0.3 is 17.9 Å². The quantitative estimate of drug-likeness (QED) is 0.169. The molecule has 0 radical (unpaired) electrons. The Morgan fingerprint density at radius 1 is 1.00 bits per heavy atom. The lowest BCUT2D eigenvalue weighted by Crippen LogP contribution is -2.37. The number of carboxylic acid groups (broad SMARTS) is 1. The Morgan fingerprint density at radius 3 is 2.38 bits per heavy atom. The molecule has 0 unspecified atom stereocenters. The van der Waals surface area contributed by atoms with Crippen molar-refractivity contribution >= 4 is 39.6 Å². The summed E-state index contributed by atoms with van der Waals surface area (Å²) in [5.41, 5.74) is 2.10. The minimum atomic E-state index is -5.19. The van der Waals surface area contributed by atoms with Gasteiger partial charge in [-0.05, 0) is 48.2 Å². The smallest absolute Gasteiger partial charge is 0.430 e. The van der Waals surface area contributed by atoms with Crippen LogP contribution < -0.4 is 31.7 Å². The maximum Gasteiger partial charge on any atom is 0.430 e. The van der Waals surface area contributed by atoms with Crippen LogP contribution in [0.4, 0.5) is 18.0 Å². The molecule has 47 heavy (non-hydrogen) atoms. The van der Waals surface area contributed by atoms with Crippen molar-refractivity contribution in [3.63, 3.8) is 0 Å². The number of nitrogens with one attached hydrogen (secondary N) is 5. The standard InChI is InChI=1S/C30H31N7O3.C2HF3O2/c1-31-29(39)32-15-7-6-11-24(35-27(38)19-37-26-12-5-4-10-23(26)17-34-30(37)40)28-33-18-25(36-28)22-14-13-20-8-2-3-9-21(20)16-22;3-2(4,5)1(6)7/h2-5,8-10,12-14,16-18,24H,6-7,11,15,19H2,1H3,(H,33,36)(H,35,38)(H2,31,32,39);(H,6,7)/t24-;/m0./s1. The lowest BCUT2D eigenvalue weighted by molar-refractivity contribution is -0.391. The van der Waals surface area contributed by atoms with Crippen LogP contribution in [0.25, 0.3) is 32.9 Å². The zero-order valence-corrected chi connectivity index (χ0v) is 25.2. The number of aromatic amines is 2. The number of rotatable bonds is 10. The summed E-state index contributed by atoms with van der Waals surface area (Å²) in [5.74, 6) is -2.56. The van der Waals surface area contributed by atoms with Crippen LogP contribution in [0.3, 0.4) is 0 Å². The maximum absolute atomic E-state index is 13.2. The fourth-order valence-electron chi connectivity index (χ4n) is 4.80. The molecule has 5 rings (SSSR count). The van der Waals surface area contributed by atoms with E-state index in [1.165, 1.54) is 10.8 Å². The van der Waals surface area contributed by atoms with E-state index < -0.39 is 17.8 Å². The first kappa shape index (κ1) is 34.1. The van der Waals surface area contributed by atoms with Crippen LogP contribution in [0.1, 0.15) is 31.1 Å². The molecule has 0 fully saturated rings. The van der Waals surface area contributed by atoms with Crippen molar-refractivity contribution in [1.82, 2.24) is 30.5 Å². The summed E-state index contributed by atoms with van der Waals surface area (Å²) >= 11 is 0. The molecule has 246 valence electrons.